The number of rotatable bonds is 13. The van der Waals surface area contributed by atoms with Gasteiger partial charge < -0.3 is 20.8 Å². The van der Waals surface area contributed by atoms with Gasteiger partial charge in [0, 0.05) is 18.7 Å². The van der Waals surface area contributed by atoms with E-state index in [-0.39, 0.29) is 23.4 Å². The number of nitrogens with one attached hydrogen (secondary N) is 3. The number of alkyl halides is 6. The lowest BCUT2D eigenvalue weighted by Crippen LogP contribution is -2.51. The van der Waals surface area contributed by atoms with Gasteiger partial charge >= 0.3 is 12.4 Å². The fourth-order valence-corrected chi connectivity index (χ4v) is 5.51. The molecule has 0 spiro atoms. The van der Waals surface area contributed by atoms with Crippen LogP contribution in [0.3, 0.4) is 0 Å². The Kier molecular flexibility index (Phi) is 9.95. The number of aromatic nitrogens is 2. The topological polar surface area (TPSA) is 129 Å². The third kappa shape index (κ3) is 7.69. The molecule has 0 radical (unpaired) electrons. The first kappa shape index (κ1) is 33.6. The molecule has 1 heterocycles. The Morgan fingerprint density at radius 3 is 2.20 bits per heavy atom. The predicted octanol–water partition coefficient (Wildman–Crippen LogP) is 4.17. The van der Waals surface area contributed by atoms with Gasteiger partial charge in [-0.15, -0.1) is 0 Å². The Labute approximate surface area is 248 Å². The molecule has 0 saturated heterocycles. The Morgan fingerprint density at radius 2 is 1.70 bits per heavy atom. The Hall–Kier alpha value is -3.24. The Bertz CT molecular complexity index is 1330. The van der Waals surface area contributed by atoms with Crippen LogP contribution in [0.15, 0.2) is 24.4 Å². The van der Waals surface area contributed by atoms with E-state index in [1.165, 1.54) is 16.9 Å². The summed E-state index contributed by atoms with van der Waals surface area (Å²) in [7, 11) is 0. The van der Waals surface area contributed by atoms with Crippen molar-refractivity contribution in [1.29, 1.82) is 0 Å². The van der Waals surface area contributed by atoms with Crippen LogP contribution >= 0.6 is 0 Å². The highest BCUT2D eigenvalue weighted by atomic mass is 19.4. The molecule has 44 heavy (non-hydrogen) atoms. The minimum atomic E-state index is -5.16. The number of aliphatic hydroxyl groups is 2. The fraction of sp³-hybridized carbons (Fsp3) is 0.607. The number of anilines is 1. The molecule has 2 aliphatic rings. The molecule has 2 aliphatic carbocycles. The summed E-state index contributed by atoms with van der Waals surface area (Å²) in [6, 6.07) is -1.69. The molecule has 2 aromatic rings. The number of benzene rings is 1. The number of aryl methyl sites for hydroxylation is 1. The molecule has 4 rings (SSSR count). The number of nitrogens with zero attached hydrogens (tertiary/aromatic N) is 2. The van der Waals surface area contributed by atoms with Crippen LogP contribution in [0.4, 0.5) is 36.4 Å². The van der Waals surface area contributed by atoms with E-state index in [4.69, 9.17) is 5.11 Å². The lowest BCUT2D eigenvalue weighted by atomic mass is 9.88. The summed E-state index contributed by atoms with van der Waals surface area (Å²) in [6.07, 6.45) is -7.84. The molecular formula is C28H34F7N5O4. The van der Waals surface area contributed by atoms with Gasteiger partial charge in [-0.1, -0.05) is 6.92 Å². The first-order valence-corrected chi connectivity index (χ1v) is 14.2. The van der Waals surface area contributed by atoms with Gasteiger partial charge in [0.05, 0.1) is 17.9 Å². The molecule has 9 nitrogen and oxygen atoms in total. The number of amides is 2. The second-order valence-electron chi connectivity index (χ2n) is 11.3. The lowest BCUT2D eigenvalue weighted by molar-refractivity contribution is -0.172. The first-order valence-electron chi connectivity index (χ1n) is 14.2. The first-order chi connectivity index (χ1) is 20.6. The monoisotopic (exact) mass is 637 g/mol. The normalized spacial score (nSPS) is 18.5. The zero-order valence-electron chi connectivity index (χ0n) is 23.8. The summed E-state index contributed by atoms with van der Waals surface area (Å²) in [4.78, 5) is 26.7. The quantitative estimate of drug-likeness (QED) is 0.166. The van der Waals surface area contributed by atoms with E-state index in [0.29, 0.717) is 18.7 Å². The van der Waals surface area contributed by atoms with E-state index >= 15 is 4.39 Å². The summed E-state index contributed by atoms with van der Waals surface area (Å²) >= 11 is 0. The van der Waals surface area contributed by atoms with Crippen molar-refractivity contribution in [2.24, 2.45) is 17.8 Å². The van der Waals surface area contributed by atoms with E-state index in [2.05, 4.69) is 15.7 Å². The highest BCUT2D eigenvalue weighted by molar-refractivity contribution is 6.01. The van der Waals surface area contributed by atoms with Gasteiger partial charge in [0.2, 0.25) is 5.91 Å². The zero-order chi connectivity index (χ0) is 32.6. The van der Waals surface area contributed by atoms with Gasteiger partial charge in [-0.2, -0.15) is 31.4 Å². The van der Waals surface area contributed by atoms with Crippen molar-refractivity contribution in [3.8, 4) is 0 Å². The predicted molar refractivity (Wildman–Crippen MR) is 143 cm³/mol. The number of hydrogen-bond acceptors (Lipinski definition) is 6. The minimum Gasteiger partial charge on any atom is -0.394 e. The van der Waals surface area contributed by atoms with Crippen LogP contribution in [-0.4, -0.2) is 62.9 Å². The Balaban J connectivity index is 1.63. The van der Waals surface area contributed by atoms with Crippen LogP contribution < -0.4 is 16.0 Å². The van der Waals surface area contributed by atoms with E-state index in [1.807, 2.05) is 0 Å². The lowest BCUT2D eigenvalue weighted by Gasteiger charge is -2.29. The minimum absolute atomic E-state index is 0.0990. The van der Waals surface area contributed by atoms with Crippen molar-refractivity contribution < 1.29 is 50.5 Å². The standard InChI is InChI=1S/C28H34F7N5O4/c1-3-40-20(8-9-36-40)25(43)39-23(22(14-4-5-14)15-6-7-15)26(44)37-19-11-17(27(30,31)32)16(10-18(19)29)13(2)24(42)38-21(12-41)28(33,34)35/h8-11,13-15,21-24,38,41-42H,3-7,12H2,1-2H3,(H,37,44)(H,39,43)/t13?,21?,23-,24?/m0/s1. The molecule has 1 aromatic heterocycles. The molecule has 5 N–H and O–H groups in total. The van der Waals surface area contributed by atoms with Crippen LogP contribution in [0, 0.1) is 23.6 Å². The molecule has 4 atom stereocenters. The van der Waals surface area contributed by atoms with E-state index < -0.39 is 77.6 Å². The van der Waals surface area contributed by atoms with Gasteiger partial charge in [0.15, 0.2) is 0 Å². The second-order valence-corrected chi connectivity index (χ2v) is 11.3. The number of carbonyl (C=O) groups is 2. The molecule has 0 aliphatic heterocycles. The van der Waals surface area contributed by atoms with Crippen molar-refractivity contribution in [3.63, 3.8) is 0 Å². The molecule has 2 fully saturated rings. The smallest absolute Gasteiger partial charge is 0.394 e. The van der Waals surface area contributed by atoms with Crippen molar-refractivity contribution in [2.45, 2.75) is 82.7 Å². The van der Waals surface area contributed by atoms with Crippen LogP contribution in [0.1, 0.15) is 67.1 Å². The summed E-state index contributed by atoms with van der Waals surface area (Å²) in [5.74, 6) is -4.74. The molecule has 0 bridgehead atoms. The van der Waals surface area contributed by atoms with Crippen molar-refractivity contribution in [2.75, 3.05) is 11.9 Å². The van der Waals surface area contributed by atoms with E-state index in [1.54, 1.807) is 12.2 Å². The second kappa shape index (κ2) is 13.0. The highest BCUT2D eigenvalue weighted by Crippen LogP contribution is 2.51. The SMILES string of the molecule is CCn1nccc1C(=O)N[C@H](C(=O)Nc1cc(C(F)(F)F)c(C(C)C(O)NC(CO)C(F)(F)F)cc1F)C(C1CC1)C1CC1. The maximum Gasteiger partial charge on any atom is 0.416 e. The third-order valence-electron chi connectivity index (χ3n) is 8.15. The average molecular weight is 638 g/mol. The van der Waals surface area contributed by atoms with Gasteiger partial charge in [-0.3, -0.25) is 19.6 Å². The molecule has 1 aromatic carbocycles. The van der Waals surface area contributed by atoms with Crippen LogP contribution in [0.2, 0.25) is 0 Å². The number of halogens is 7. The van der Waals surface area contributed by atoms with Gasteiger partial charge in [-0.05, 0) is 74.1 Å². The maximum atomic E-state index is 15.3. The Morgan fingerprint density at radius 1 is 1.09 bits per heavy atom. The highest BCUT2D eigenvalue weighted by Gasteiger charge is 2.49. The number of carbonyl (C=O) groups excluding carboxylic acids is 2. The summed E-state index contributed by atoms with van der Waals surface area (Å²) in [5.41, 5.74) is -3.06. The van der Waals surface area contributed by atoms with Crippen molar-refractivity contribution in [3.05, 3.63) is 47.0 Å². The van der Waals surface area contributed by atoms with Gasteiger partial charge in [-0.25, -0.2) is 4.39 Å². The summed E-state index contributed by atoms with van der Waals surface area (Å²) < 4.78 is 98.2. The molecule has 3 unspecified atom stereocenters. The van der Waals surface area contributed by atoms with Gasteiger partial charge in [0.1, 0.15) is 29.8 Å². The molecular weight excluding hydrogens is 603 g/mol. The summed E-state index contributed by atoms with van der Waals surface area (Å²) in [5, 5.41) is 29.8. The molecule has 244 valence electrons. The number of hydrogen-bond donors (Lipinski definition) is 5. The van der Waals surface area contributed by atoms with Gasteiger partial charge in [0.25, 0.3) is 5.91 Å². The third-order valence-corrected chi connectivity index (χ3v) is 8.15. The average Bonchev–Trinajstić information content (AvgIpc) is 3.89. The fourth-order valence-electron chi connectivity index (χ4n) is 5.51. The largest absolute Gasteiger partial charge is 0.416 e. The van der Waals surface area contributed by atoms with Crippen molar-refractivity contribution in [1.82, 2.24) is 20.4 Å². The summed E-state index contributed by atoms with van der Waals surface area (Å²) in [6.45, 7) is 1.57. The van der Waals surface area contributed by atoms with E-state index in [0.717, 1.165) is 32.6 Å². The number of aliphatic hydroxyl groups excluding tert-OH is 2. The molecule has 2 saturated carbocycles. The van der Waals surface area contributed by atoms with Crippen LogP contribution in [0.25, 0.3) is 0 Å². The zero-order valence-corrected chi connectivity index (χ0v) is 23.8. The van der Waals surface area contributed by atoms with Crippen molar-refractivity contribution >= 4 is 17.5 Å². The maximum absolute atomic E-state index is 15.3. The van der Waals surface area contributed by atoms with Crippen LogP contribution in [-0.2, 0) is 17.5 Å². The van der Waals surface area contributed by atoms with E-state index in [9.17, 15) is 41.0 Å². The molecule has 2 amide bonds. The van der Waals surface area contributed by atoms with Crippen LogP contribution in [0.5, 0.6) is 0 Å². The molecule has 16 heteroatoms.